The number of anilines is 1. The van der Waals surface area contributed by atoms with Crippen molar-refractivity contribution in [1.29, 1.82) is 0 Å². The van der Waals surface area contributed by atoms with Gasteiger partial charge in [-0.25, -0.2) is 4.79 Å². The van der Waals surface area contributed by atoms with Gasteiger partial charge < -0.3 is 19.7 Å². The molecule has 1 amide bonds. The maximum absolute atomic E-state index is 11.2. The number of nitrogens with one attached hydrogen (secondary N) is 1. The predicted molar refractivity (Wildman–Crippen MR) is 116 cm³/mol. The first-order valence-corrected chi connectivity index (χ1v) is 10.6. The van der Waals surface area contributed by atoms with Gasteiger partial charge in [0.2, 0.25) is 0 Å². The molecule has 0 radical (unpaired) electrons. The largest absolute Gasteiger partial charge is 0.469 e. The van der Waals surface area contributed by atoms with E-state index in [-0.39, 0.29) is 12.3 Å². The highest BCUT2D eigenvalue weighted by Crippen LogP contribution is 2.37. The molecule has 0 bridgehead atoms. The molecule has 1 N–H and O–H groups in total. The lowest BCUT2D eigenvalue weighted by atomic mass is 10.1. The topological polar surface area (TPSA) is 50.8 Å². The van der Waals surface area contributed by atoms with Crippen LogP contribution >= 0.6 is 15.9 Å². The fraction of sp³-hybridized carbons (Fsp3) is 0.667. The Morgan fingerprint density at radius 3 is 2.56 bits per heavy atom. The monoisotopic (exact) mass is 442 g/mol. The summed E-state index contributed by atoms with van der Waals surface area (Å²) < 4.78 is 11.8. The standard InChI is InChI=1S/C12H25NO2.C9H10BrNO/c1-5-6-7-8-9-10-13-11(14)15-12(2,3)4;1-6-11(2)8-5-7(10)3-4-9(8)12-6/h5-10H2,1-4H3,(H,13,14);3-6H,1-2H3. The SMILES string of the molecule is CC1Oc2ccc(Br)cc2N1C.CCCCCCCNC(=O)OC(C)(C)C. The fourth-order valence-corrected chi connectivity index (χ4v) is 2.91. The highest BCUT2D eigenvalue weighted by atomic mass is 79.9. The number of ether oxygens (including phenoxy) is 2. The van der Waals surface area contributed by atoms with Crippen LogP contribution in [0.3, 0.4) is 0 Å². The first-order chi connectivity index (χ1) is 12.6. The number of benzene rings is 1. The van der Waals surface area contributed by atoms with Crippen LogP contribution in [-0.2, 0) is 4.74 Å². The van der Waals surface area contributed by atoms with Crippen LogP contribution in [0.15, 0.2) is 22.7 Å². The highest BCUT2D eigenvalue weighted by molar-refractivity contribution is 9.10. The highest BCUT2D eigenvalue weighted by Gasteiger charge is 2.23. The molecule has 1 aromatic rings. The van der Waals surface area contributed by atoms with Crippen LogP contribution in [0.5, 0.6) is 5.75 Å². The molecule has 5 nitrogen and oxygen atoms in total. The number of rotatable bonds is 6. The summed E-state index contributed by atoms with van der Waals surface area (Å²) in [5.41, 5.74) is 0.753. The van der Waals surface area contributed by atoms with Gasteiger partial charge in [0.1, 0.15) is 11.4 Å². The first-order valence-electron chi connectivity index (χ1n) is 9.80. The minimum absolute atomic E-state index is 0.147. The zero-order valence-electron chi connectivity index (χ0n) is 17.6. The number of carbonyl (C=O) groups excluding carboxylic acids is 1. The molecule has 1 unspecified atom stereocenters. The molecule has 1 heterocycles. The van der Waals surface area contributed by atoms with Gasteiger partial charge in [0, 0.05) is 18.1 Å². The predicted octanol–water partition coefficient (Wildman–Crippen LogP) is 6.11. The Bertz CT molecular complexity index is 587. The summed E-state index contributed by atoms with van der Waals surface area (Å²) in [5.74, 6) is 0.966. The van der Waals surface area contributed by atoms with E-state index in [2.05, 4.69) is 39.1 Å². The molecule has 0 saturated carbocycles. The minimum atomic E-state index is -0.397. The van der Waals surface area contributed by atoms with E-state index in [1.54, 1.807) is 0 Å². The van der Waals surface area contributed by atoms with Crippen molar-refractivity contribution in [3.8, 4) is 5.75 Å². The summed E-state index contributed by atoms with van der Waals surface area (Å²) >= 11 is 3.43. The Hall–Kier alpha value is -1.43. The Labute approximate surface area is 172 Å². The van der Waals surface area contributed by atoms with E-state index in [1.807, 2.05) is 46.9 Å². The molecule has 1 atom stereocenters. The van der Waals surface area contributed by atoms with Crippen molar-refractivity contribution in [2.24, 2.45) is 0 Å². The molecule has 0 aliphatic carbocycles. The van der Waals surface area contributed by atoms with Crippen molar-refractivity contribution in [3.05, 3.63) is 22.7 Å². The van der Waals surface area contributed by atoms with Gasteiger partial charge in [0.05, 0.1) is 5.69 Å². The van der Waals surface area contributed by atoms with Crippen LogP contribution in [0.1, 0.15) is 66.7 Å². The number of halogens is 1. The van der Waals surface area contributed by atoms with E-state index in [4.69, 9.17) is 9.47 Å². The van der Waals surface area contributed by atoms with Crippen LogP contribution in [0.4, 0.5) is 10.5 Å². The average Bonchev–Trinajstić information content (AvgIpc) is 2.84. The molecule has 0 fully saturated rings. The van der Waals surface area contributed by atoms with E-state index in [0.717, 1.165) is 28.9 Å². The molecule has 6 heteroatoms. The maximum atomic E-state index is 11.2. The lowest BCUT2D eigenvalue weighted by Gasteiger charge is -2.19. The third kappa shape index (κ3) is 9.36. The van der Waals surface area contributed by atoms with Crippen LogP contribution in [-0.4, -0.2) is 31.5 Å². The lowest BCUT2D eigenvalue weighted by Crippen LogP contribution is -2.32. The normalized spacial score (nSPS) is 15.4. The molecule has 0 aromatic heterocycles. The number of amides is 1. The van der Waals surface area contributed by atoms with Crippen molar-refractivity contribution in [3.63, 3.8) is 0 Å². The second-order valence-electron chi connectivity index (χ2n) is 7.78. The van der Waals surface area contributed by atoms with E-state index in [9.17, 15) is 4.79 Å². The number of fused-ring (bicyclic) bond motifs is 1. The number of hydrogen-bond donors (Lipinski definition) is 1. The number of unbranched alkanes of at least 4 members (excludes halogenated alkanes) is 4. The van der Waals surface area contributed by atoms with Gasteiger partial charge >= 0.3 is 6.09 Å². The summed E-state index contributed by atoms with van der Waals surface area (Å²) in [6, 6.07) is 6.04. The number of nitrogens with zero attached hydrogens (tertiary/aromatic N) is 1. The third-order valence-electron chi connectivity index (χ3n) is 4.09. The molecule has 27 heavy (non-hydrogen) atoms. The quantitative estimate of drug-likeness (QED) is 0.540. The molecular weight excluding hydrogens is 408 g/mol. The molecule has 1 aliphatic rings. The molecular formula is C21H35BrN2O3. The summed E-state index contributed by atoms with van der Waals surface area (Å²) in [6.45, 7) is 10.6. The fourth-order valence-electron chi connectivity index (χ4n) is 2.56. The second-order valence-corrected chi connectivity index (χ2v) is 8.70. The van der Waals surface area contributed by atoms with Gasteiger partial charge in [-0.05, 0) is 52.3 Å². The maximum Gasteiger partial charge on any atom is 0.407 e. The van der Waals surface area contributed by atoms with Crippen molar-refractivity contribution in [2.75, 3.05) is 18.5 Å². The van der Waals surface area contributed by atoms with E-state index in [0.29, 0.717) is 0 Å². The van der Waals surface area contributed by atoms with Crippen molar-refractivity contribution in [1.82, 2.24) is 5.32 Å². The Morgan fingerprint density at radius 1 is 1.26 bits per heavy atom. The zero-order valence-corrected chi connectivity index (χ0v) is 19.2. The molecule has 1 aromatic carbocycles. The van der Waals surface area contributed by atoms with Gasteiger partial charge in [0.25, 0.3) is 0 Å². The van der Waals surface area contributed by atoms with Crippen LogP contribution < -0.4 is 15.0 Å². The second kappa shape index (κ2) is 11.4. The summed E-state index contributed by atoms with van der Waals surface area (Å²) in [6.07, 6.45) is 5.86. The molecule has 0 saturated heterocycles. The van der Waals surface area contributed by atoms with Crippen molar-refractivity contribution in [2.45, 2.75) is 78.6 Å². The van der Waals surface area contributed by atoms with Gasteiger partial charge in [-0.3, -0.25) is 0 Å². The average molecular weight is 443 g/mol. The van der Waals surface area contributed by atoms with Crippen LogP contribution in [0.25, 0.3) is 0 Å². The third-order valence-corrected chi connectivity index (χ3v) is 4.59. The number of carbonyl (C=O) groups is 1. The molecule has 1 aliphatic heterocycles. The van der Waals surface area contributed by atoms with Gasteiger partial charge in [-0.2, -0.15) is 0 Å². The molecule has 154 valence electrons. The van der Waals surface area contributed by atoms with Crippen LogP contribution in [0, 0.1) is 0 Å². The van der Waals surface area contributed by atoms with E-state index in [1.165, 1.54) is 25.7 Å². The van der Waals surface area contributed by atoms with E-state index >= 15 is 0 Å². The lowest BCUT2D eigenvalue weighted by molar-refractivity contribution is 0.0527. The zero-order chi connectivity index (χ0) is 20.4. The van der Waals surface area contributed by atoms with Crippen molar-refractivity contribution < 1.29 is 14.3 Å². The van der Waals surface area contributed by atoms with Crippen LogP contribution in [0.2, 0.25) is 0 Å². The minimum Gasteiger partial charge on any atom is -0.469 e. The molecule has 0 spiro atoms. The number of alkyl carbamates (subject to hydrolysis) is 1. The first kappa shape index (κ1) is 23.6. The van der Waals surface area contributed by atoms with E-state index < -0.39 is 5.60 Å². The summed E-state index contributed by atoms with van der Waals surface area (Å²) in [4.78, 5) is 13.3. The smallest absolute Gasteiger partial charge is 0.407 e. The summed E-state index contributed by atoms with van der Waals surface area (Å²) in [7, 11) is 2.03. The Morgan fingerprint density at radius 2 is 1.93 bits per heavy atom. The van der Waals surface area contributed by atoms with Crippen molar-refractivity contribution >= 4 is 27.7 Å². The Kier molecular flexibility index (Phi) is 9.99. The Balaban J connectivity index is 0.000000274. The van der Waals surface area contributed by atoms with Gasteiger partial charge in [-0.15, -0.1) is 0 Å². The summed E-state index contributed by atoms with van der Waals surface area (Å²) in [5, 5.41) is 2.75. The number of hydrogen-bond acceptors (Lipinski definition) is 4. The molecule has 2 rings (SSSR count). The van der Waals surface area contributed by atoms with Gasteiger partial charge in [-0.1, -0.05) is 48.5 Å². The van der Waals surface area contributed by atoms with Gasteiger partial charge in [0.15, 0.2) is 6.23 Å².